The number of ether oxygens (including phenoxy) is 5. The zero-order valence-corrected chi connectivity index (χ0v) is 23.6. The zero-order chi connectivity index (χ0) is 28.6. The van der Waals surface area contributed by atoms with Crippen LogP contribution < -0.4 is 18.9 Å². The quantitative estimate of drug-likeness (QED) is 0.239. The number of amides is 1. The summed E-state index contributed by atoms with van der Waals surface area (Å²) in [6.45, 7) is 6.68. The lowest BCUT2D eigenvalue weighted by molar-refractivity contribution is -0.140. The number of aliphatic hydroxyl groups excluding tert-OH is 1. The van der Waals surface area contributed by atoms with Crippen LogP contribution >= 0.6 is 0 Å². The lowest BCUT2D eigenvalue weighted by atomic mass is 9.94. The van der Waals surface area contributed by atoms with E-state index in [1.54, 1.807) is 36.4 Å². The number of carbonyl (C=O) groups is 2. The molecule has 0 aliphatic carbocycles. The smallest absolute Gasteiger partial charge is 0.295 e. The van der Waals surface area contributed by atoms with Gasteiger partial charge in [0.2, 0.25) is 5.75 Å². The fraction of sp³-hybridized carbons (Fsp3) is 0.467. The van der Waals surface area contributed by atoms with Crippen molar-refractivity contribution in [3.63, 3.8) is 0 Å². The Morgan fingerprint density at radius 2 is 1.62 bits per heavy atom. The van der Waals surface area contributed by atoms with Gasteiger partial charge in [0.05, 0.1) is 52.8 Å². The molecule has 2 aliphatic heterocycles. The van der Waals surface area contributed by atoms with E-state index in [0.717, 1.165) is 26.1 Å². The fourth-order valence-electron chi connectivity index (χ4n) is 5.09. The first-order valence-electron chi connectivity index (χ1n) is 13.5. The summed E-state index contributed by atoms with van der Waals surface area (Å²) < 4.78 is 27.7. The van der Waals surface area contributed by atoms with Crippen molar-refractivity contribution in [1.29, 1.82) is 0 Å². The molecule has 1 atom stereocenters. The third kappa shape index (κ3) is 6.18. The molecule has 4 rings (SSSR count). The van der Waals surface area contributed by atoms with E-state index < -0.39 is 17.7 Å². The van der Waals surface area contributed by atoms with Crippen LogP contribution in [0.2, 0.25) is 0 Å². The number of likely N-dealkylation sites (tertiary alicyclic amines) is 1. The standard InChI is InChI=1S/C30H38N2O8/c1-5-15-40-22-9-7-20(8-10-22)27(33)25-26(21-18-23(36-2)29(38-4)24(19-21)37-3)32(30(35)28(25)34)12-6-11-31-13-16-39-17-14-31/h7-10,18-19,26,33H,5-6,11-17H2,1-4H3/b27-25+. The zero-order valence-electron chi connectivity index (χ0n) is 23.6. The van der Waals surface area contributed by atoms with Crippen molar-refractivity contribution in [2.45, 2.75) is 25.8 Å². The van der Waals surface area contributed by atoms with E-state index in [9.17, 15) is 14.7 Å². The Hall–Kier alpha value is -3.76. The summed E-state index contributed by atoms with van der Waals surface area (Å²) in [7, 11) is 4.51. The topological polar surface area (TPSA) is 107 Å². The Kier molecular flexibility index (Phi) is 9.89. The van der Waals surface area contributed by atoms with Crippen LogP contribution in [0, 0.1) is 0 Å². The average molecular weight is 555 g/mol. The number of hydrogen-bond acceptors (Lipinski definition) is 9. The molecule has 1 N–H and O–H groups in total. The number of carbonyl (C=O) groups excluding carboxylic acids is 2. The van der Waals surface area contributed by atoms with Crippen LogP contribution in [0.25, 0.3) is 5.76 Å². The average Bonchev–Trinajstić information content (AvgIpc) is 3.24. The minimum atomic E-state index is -0.852. The van der Waals surface area contributed by atoms with Gasteiger partial charge in [-0.25, -0.2) is 0 Å². The predicted molar refractivity (Wildman–Crippen MR) is 149 cm³/mol. The van der Waals surface area contributed by atoms with Gasteiger partial charge in [0.15, 0.2) is 11.5 Å². The minimum Gasteiger partial charge on any atom is -0.507 e. The Morgan fingerprint density at radius 1 is 0.975 bits per heavy atom. The van der Waals surface area contributed by atoms with Crippen molar-refractivity contribution in [2.24, 2.45) is 0 Å². The maximum Gasteiger partial charge on any atom is 0.295 e. The molecule has 0 bridgehead atoms. The molecule has 0 radical (unpaired) electrons. The second kappa shape index (κ2) is 13.5. The molecule has 1 amide bonds. The number of aliphatic hydroxyl groups is 1. The summed E-state index contributed by atoms with van der Waals surface area (Å²) in [4.78, 5) is 30.7. The number of morpholine rings is 1. The number of rotatable bonds is 12. The minimum absolute atomic E-state index is 0.00729. The second-order valence-corrected chi connectivity index (χ2v) is 9.63. The molecule has 2 aromatic carbocycles. The summed E-state index contributed by atoms with van der Waals surface area (Å²) in [6.07, 6.45) is 1.52. The molecule has 10 nitrogen and oxygen atoms in total. The van der Waals surface area contributed by atoms with Crippen LogP contribution in [0.5, 0.6) is 23.0 Å². The fourth-order valence-corrected chi connectivity index (χ4v) is 5.09. The predicted octanol–water partition coefficient (Wildman–Crippen LogP) is 3.65. The maximum atomic E-state index is 13.5. The van der Waals surface area contributed by atoms with E-state index in [2.05, 4.69) is 4.90 Å². The lowest BCUT2D eigenvalue weighted by Crippen LogP contribution is -2.39. The van der Waals surface area contributed by atoms with Crippen LogP contribution in [-0.4, -0.2) is 93.9 Å². The third-order valence-corrected chi connectivity index (χ3v) is 7.12. The van der Waals surface area contributed by atoms with Crippen molar-refractivity contribution in [3.05, 3.63) is 53.1 Å². The lowest BCUT2D eigenvalue weighted by Gasteiger charge is -2.29. The molecule has 10 heteroatoms. The van der Waals surface area contributed by atoms with Gasteiger partial charge < -0.3 is 33.7 Å². The number of hydrogen-bond donors (Lipinski definition) is 1. The van der Waals surface area contributed by atoms with Crippen LogP contribution in [-0.2, 0) is 14.3 Å². The summed E-state index contributed by atoms with van der Waals surface area (Å²) in [5.74, 6) is 0.152. The van der Waals surface area contributed by atoms with E-state index in [-0.39, 0.29) is 11.3 Å². The normalized spacial score (nSPS) is 19.1. The molecule has 2 saturated heterocycles. The van der Waals surface area contributed by atoms with E-state index in [4.69, 9.17) is 23.7 Å². The Labute approximate surface area is 235 Å². The summed E-state index contributed by atoms with van der Waals surface area (Å²) >= 11 is 0. The largest absolute Gasteiger partial charge is 0.507 e. The first kappa shape index (κ1) is 29.2. The molecule has 40 heavy (non-hydrogen) atoms. The highest BCUT2D eigenvalue weighted by Crippen LogP contribution is 2.45. The molecule has 0 spiro atoms. The molecular formula is C30H38N2O8. The molecule has 216 valence electrons. The molecule has 2 heterocycles. The van der Waals surface area contributed by atoms with Gasteiger partial charge in [-0.1, -0.05) is 6.92 Å². The Morgan fingerprint density at radius 3 is 2.20 bits per heavy atom. The highest BCUT2D eigenvalue weighted by Gasteiger charge is 2.46. The summed E-state index contributed by atoms with van der Waals surface area (Å²) in [5.41, 5.74) is 0.977. The van der Waals surface area contributed by atoms with Gasteiger partial charge in [0.25, 0.3) is 11.7 Å². The van der Waals surface area contributed by atoms with Gasteiger partial charge in [0.1, 0.15) is 11.5 Å². The second-order valence-electron chi connectivity index (χ2n) is 9.63. The van der Waals surface area contributed by atoms with Gasteiger partial charge in [-0.05, 0) is 54.8 Å². The molecule has 0 aromatic heterocycles. The molecule has 1 unspecified atom stereocenters. The Bertz CT molecular complexity index is 1200. The van der Waals surface area contributed by atoms with E-state index >= 15 is 0 Å². The maximum absolute atomic E-state index is 13.5. The summed E-state index contributed by atoms with van der Waals surface area (Å²) in [5, 5.41) is 11.4. The van der Waals surface area contributed by atoms with Gasteiger partial charge in [-0.15, -0.1) is 0 Å². The molecule has 2 fully saturated rings. The SMILES string of the molecule is CCCOc1ccc(/C(O)=C2\C(=O)C(=O)N(CCCN3CCOCC3)C2c2cc(OC)c(OC)c(OC)c2)cc1. The van der Waals surface area contributed by atoms with Crippen LogP contribution in [0.3, 0.4) is 0 Å². The van der Waals surface area contributed by atoms with Gasteiger partial charge >= 0.3 is 0 Å². The number of benzene rings is 2. The molecule has 2 aliphatic rings. The number of ketones is 1. The van der Waals surface area contributed by atoms with Crippen LogP contribution in [0.1, 0.15) is 36.9 Å². The molecule has 0 saturated carbocycles. The summed E-state index contributed by atoms with van der Waals surface area (Å²) in [6, 6.07) is 9.39. The molecular weight excluding hydrogens is 516 g/mol. The number of nitrogens with zero attached hydrogens (tertiary/aromatic N) is 2. The van der Waals surface area contributed by atoms with Gasteiger partial charge in [-0.2, -0.15) is 0 Å². The monoisotopic (exact) mass is 554 g/mol. The van der Waals surface area contributed by atoms with Crippen LogP contribution in [0.15, 0.2) is 42.0 Å². The van der Waals surface area contributed by atoms with Crippen molar-refractivity contribution < 1.29 is 38.4 Å². The van der Waals surface area contributed by atoms with Gasteiger partial charge in [0, 0.05) is 31.7 Å². The third-order valence-electron chi connectivity index (χ3n) is 7.12. The van der Waals surface area contributed by atoms with Crippen molar-refractivity contribution in [1.82, 2.24) is 9.80 Å². The first-order valence-corrected chi connectivity index (χ1v) is 13.5. The van der Waals surface area contributed by atoms with Crippen LogP contribution in [0.4, 0.5) is 0 Å². The van der Waals surface area contributed by atoms with Crippen molar-refractivity contribution >= 4 is 17.4 Å². The van der Waals surface area contributed by atoms with E-state index in [0.29, 0.717) is 66.9 Å². The van der Waals surface area contributed by atoms with Gasteiger partial charge in [-0.3, -0.25) is 14.5 Å². The highest BCUT2D eigenvalue weighted by atomic mass is 16.5. The number of Topliss-reactive ketones (excluding diaryl/α,β-unsaturated/α-hetero) is 1. The number of methoxy groups -OCH3 is 3. The highest BCUT2D eigenvalue weighted by molar-refractivity contribution is 6.46. The molecule has 2 aromatic rings. The van der Waals surface area contributed by atoms with Crippen molar-refractivity contribution in [2.75, 3.05) is 67.3 Å². The van der Waals surface area contributed by atoms with E-state index in [1.165, 1.54) is 26.2 Å². The Balaban J connectivity index is 1.75. The first-order chi connectivity index (χ1) is 19.4. The van der Waals surface area contributed by atoms with Crippen molar-refractivity contribution in [3.8, 4) is 23.0 Å². The van der Waals surface area contributed by atoms with E-state index in [1.807, 2.05) is 6.92 Å².